The van der Waals surface area contributed by atoms with E-state index in [0.717, 1.165) is 44.8 Å². The van der Waals surface area contributed by atoms with Gasteiger partial charge in [-0.2, -0.15) is 0 Å². The number of pyridine rings is 3. The molecule has 0 unspecified atom stereocenters. The molecule has 180 valence electrons. The summed E-state index contributed by atoms with van der Waals surface area (Å²) in [5, 5.41) is 12.0. The van der Waals surface area contributed by atoms with Crippen LogP contribution in [-0.2, 0) is 11.3 Å². The zero-order valence-electron chi connectivity index (χ0n) is 19.3. The van der Waals surface area contributed by atoms with Crippen molar-refractivity contribution in [2.45, 2.75) is 13.0 Å². The molecule has 0 bridgehead atoms. The lowest BCUT2D eigenvalue weighted by Gasteiger charge is -2.26. The molecule has 4 aromatic heterocycles. The SMILES string of the molecule is N=c1c(C(=O)NCCCN2CCOCC2)cc2c(=O)n3ccccc3nc2n1Cc1cccnc1. The molecule has 5 rings (SSSR count). The van der Waals surface area contributed by atoms with E-state index in [2.05, 4.69) is 20.2 Å². The van der Waals surface area contributed by atoms with Gasteiger partial charge < -0.3 is 14.6 Å². The molecule has 5 heterocycles. The zero-order valence-corrected chi connectivity index (χ0v) is 19.3. The minimum atomic E-state index is -0.378. The first-order chi connectivity index (χ1) is 17.1. The van der Waals surface area contributed by atoms with Gasteiger partial charge in [-0.15, -0.1) is 0 Å². The van der Waals surface area contributed by atoms with Crippen LogP contribution in [0.2, 0.25) is 0 Å². The number of aromatic nitrogens is 4. The van der Waals surface area contributed by atoms with E-state index < -0.39 is 0 Å². The van der Waals surface area contributed by atoms with Crippen molar-refractivity contribution >= 4 is 22.6 Å². The number of nitrogens with zero attached hydrogens (tertiary/aromatic N) is 5. The molecule has 0 spiro atoms. The second-order valence-corrected chi connectivity index (χ2v) is 8.50. The second-order valence-electron chi connectivity index (χ2n) is 8.50. The van der Waals surface area contributed by atoms with Crippen LogP contribution in [0.25, 0.3) is 16.7 Å². The summed E-state index contributed by atoms with van der Waals surface area (Å²) in [4.78, 5) is 37.5. The van der Waals surface area contributed by atoms with Gasteiger partial charge in [0, 0.05) is 38.2 Å². The average molecular weight is 474 g/mol. The number of nitrogens with one attached hydrogen (secondary N) is 2. The first kappa shape index (κ1) is 22.9. The van der Waals surface area contributed by atoms with Crippen LogP contribution in [-0.4, -0.2) is 69.1 Å². The summed E-state index contributed by atoms with van der Waals surface area (Å²) >= 11 is 0. The molecule has 0 radical (unpaired) electrons. The van der Waals surface area contributed by atoms with Gasteiger partial charge in [0.1, 0.15) is 16.8 Å². The van der Waals surface area contributed by atoms with Crippen LogP contribution in [0.1, 0.15) is 22.3 Å². The van der Waals surface area contributed by atoms with E-state index in [4.69, 9.17) is 10.1 Å². The topological polar surface area (TPSA) is 118 Å². The van der Waals surface area contributed by atoms with Gasteiger partial charge in [0.15, 0.2) is 0 Å². The highest BCUT2D eigenvalue weighted by Crippen LogP contribution is 2.12. The molecule has 10 heteroatoms. The van der Waals surface area contributed by atoms with E-state index in [9.17, 15) is 9.59 Å². The Balaban J connectivity index is 1.49. The molecule has 0 aromatic carbocycles. The molecular weight excluding hydrogens is 446 g/mol. The lowest BCUT2D eigenvalue weighted by atomic mass is 10.1. The van der Waals surface area contributed by atoms with Gasteiger partial charge in [-0.05, 0) is 42.8 Å². The van der Waals surface area contributed by atoms with Gasteiger partial charge >= 0.3 is 0 Å². The fourth-order valence-electron chi connectivity index (χ4n) is 4.31. The number of fused-ring (bicyclic) bond motifs is 2. The number of morpholine rings is 1. The van der Waals surface area contributed by atoms with Crippen molar-refractivity contribution in [1.29, 1.82) is 5.41 Å². The minimum Gasteiger partial charge on any atom is -0.379 e. The third-order valence-corrected chi connectivity index (χ3v) is 6.17. The number of ether oxygens (including phenoxy) is 1. The van der Waals surface area contributed by atoms with Crippen LogP contribution in [0.3, 0.4) is 0 Å². The van der Waals surface area contributed by atoms with E-state index in [1.165, 1.54) is 10.5 Å². The van der Waals surface area contributed by atoms with Gasteiger partial charge in [0.25, 0.3) is 11.5 Å². The minimum absolute atomic E-state index is 0.000728. The maximum Gasteiger partial charge on any atom is 0.267 e. The van der Waals surface area contributed by atoms with E-state index in [0.29, 0.717) is 17.8 Å². The first-order valence-electron chi connectivity index (χ1n) is 11.7. The zero-order chi connectivity index (χ0) is 24.2. The molecule has 1 fully saturated rings. The summed E-state index contributed by atoms with van der Waals surface area (Å²) in [5.41, 5.74) is 1.53. The molecule has 10 nitrogen and oxygen atoms in total. The molecule has 4 aromatic rings. The maximum absolute atomic E-state index is 13.3. The molecule has 1 aliphatic heterocycles. The normalized spacial score (nSPS) is 14.4. The predicted molar refractivity (Wildman–Crippen MR) is 130 cm³/mol. The summed E-state index contributed by atoms with van der Waals surface area (Å²) in [7, 11) is 0. The van der Waals surface area contributed by atoms with Crippen LogP contribution in [0.5, 0.6) is 0 Å². The molecule has 35 heavy (non-hydrogen) atoms. The molecular formula is C25H27N7O3. The summed E-state index contributed by atoms with van der Waals surface area (Å²) < 4.78 is 8.42. The number of hydrogen-bond acceptors (Lipinski definition) is 7. The van der Waals surface area contributed by atoms with Gasteiger partial charge in [0.2, 0.25) is 0 Å². The standard InChI is InChI=1S/C25H27N7O3/c26-22-19(24(33)28-8-4-9-30-11-13-35-14-12-30)15-20-23(32(22)17-18-5-3-7-27-16-18)29-21-6-1-2-10-31(21)25(20)34/h1-3,5-7,10,15-16,26H,4,8-9,11-14,17H2,(H,28,33). The Morgan fingerprint density at radius 2 is 2.03 bits per heavy atom. The lowest BCUT2D eigenvalue weighted by Crippen LogP contribution is -2.39. The van der Waals surface area contributed by atoms with Crippen molar-refractivity contribution in [2.24, 2.45) is 0 Å². The van der Waals surface area contributed by atoms with Crippen molar-refractivity contribution in [3.05, 3.63) is 82.0 Å². The van der Waals surface area contributed by atoms with Crippen LogP contribution >= 0.6 is 0 Å². The average Bonchev–Trinajstić information content (AvgIpc) is 2.89. The Morgan fingerprint density at radius 3 is 2.83 bits per heavy atom. The third-order valence-electron chi connectivity index (χ3n) is 6.17. The number of carbonyl (C=O) groups is 1. The van der Waals surface area contributed by atoms with Crippen molar-refractivity contribution in [3.63, 3.8) is 0 Å². The van der Waals surface area contributed by atoms with Crippen molar-refractivity contribution in [2.75, 3.05) is 39.4 Å². The highest BCUT2D eigenvalue weighted by atomic mass is 16.5. The highest BCUT2D eigenvalue weighted by molar-refractivity contribution is 5.96. The van der Waals surface area contributed by atoms with E-state index in [1.54, 1.807) is 41.4 Å². The smallest absolute Gasteiger partial charge is 0.267 e. The maximum atomic E-state index is 13.3. The van der Waals surface area contributed by atoms with E-state index in [1.807, 2.05) is 12.1 Å². The fourth-order valence-corrected chi connectivity index (χ4v) is 4.31. The van der Waals surface area contributed by atoms with Crippen LogP contribution in [0.15, 0.2) is 59.8 Å². The van der Waals surface area contributed by atoms with E-state index >= 15 is 0 Å². The largest absolute Gasteiger partial charge is 0.379 e. The Morgan fingerprint density at radius 1 is 1.17 bits per heavy atom. The van der Waals surface area contributed by atoms with Crippen LogP contribution in [0, 0.1) is 5.41 Å². The number of amides is 1. The molecule has 1 saturated heterocycles. The predicted octanol–water partition coefficient (Wildman–Crippen LogP) is 1.02. The summed E-state index contributed by atoms with van der Waals surface area (Å²) in [5.74, 6) is -0.378. The Labute approximate surface area is 201 Å². The molecule has 1 aliphatic rings. The van der Waals surface area contributed by atoms with E-state index in [-0.39, 0.29) is 34.4 Å². The quantitative estimate of drug-likeness (QED) is 0.306. The molecule has 0 aliphatic carbocycles. The monoisotopic (exact) mass is 473 g/mol. The Kier molecular flexibility index (Phi) is 6.64. The summed E-state index contributed by atoms with van der Waals surface area (Å²) in [6, 6.07) is 10.5. The van der Waals surface area contributed by atoms with Gasteiger partial charge in [-0.1, -0.05) is 12.1 Å². The first-order valence-corrected chi connectivity index (χ1v) is 11.7. The van der Waals surface area contributed by atoms with Crippen molar-refractivity contribution in [1.82, 2.24) is 29.2 Å². The molecule has 0 saturated carbocycles. The van der Waals surface area contributed by atoms with Gasteiger partial charge in [-0.25, -0.2) is 4.98 Å². The molecule has 1 amide bonds. The van der Waals surface area contributed by atoms with Crippen molar-refractivity contribution < 1.29 is 9.53 Å². The Bertz CT molecular complexity index is 1470. The molecule has 0 atom stereocenters. The lowest BCUT2D eigenvalue weighted by molar-refractivity contribution is 0.0374. The third kappa shape index (κ3) is 4.84. The number of rotatable bonds is 7. The second kappa shape index (κ2) is 10.2. The van der Waals surface area contributed by atoms with Crippen molar-refractivity contribution in [3.8, 4) is 0 Å². The number of carbonyl (C=O) groups excluding carboxylic acids is 1. The summed E-state index contributed by atoms with van der Waals surface area (Å²) in [6.45, 7) is 4.88. The number of hydrogen-bond donors (Lipinski definition) is 2. The summed E-state index contributed by atoms with van der Waals surface area (Å²) in [6.07, 6.45) is 5.81. The fraction of sp³-hybridized carbons (Fsp3) is 0.320. The Hall–Kier alpha value is -3.89. The highest BCUT2D eigenvalue weighted by Gasteiger charge is 2.18. The van der Waals surface area contributed by atoms with Gasteiger partial charge in [0.05, 0.1) is 30.7 Å². The molecule has 2 N–H and O–H groups in total. The van der Waals surface area contributed by atoms with Gasteiger partial charge in [-0.3, -0.25) is 29.3 Å². The van der Waals surface area contributed by atoms with Crippen LogP contribution < -0.4 is 16.4 Å². The van der Waals surface area contributed by atoms with Crippen LogP contribution in [0.4, 0.5) is 0 Å².